The molecule has 0 unspecified atom stereocenters. The highest BCUT2D eigenvalue weighted by molar-refractivity contribution is 5.92. The van der Waals surface area contributed by atoms with Crippen LogP contribution in [0.2, 0.25) is 0 Å². The summed E-state index contributed by atoms with van der Waals surface area (Å²) < 4.78 is 39.6. The predicted octanol–water partition coefficient (Wildman–Crippen LogP) is 2.68. The van der Waals surface area contributed by atoms with Gasteiger partial charge in [0.15, 0.2) is 5.82 Å². The molecule has 3 aromatic rings. The second-order valence-electron chi connectivity index (χ2n) is 7.07. The van der Waals surface area contributed by atoms with Crippen molar-refractivity contribution in [2.75, 3.05) is 24.5 Å². The minimum atomic E-state index is -4.46. The van der Waals surface area contributed by atoms with E-state index in [9.17, 15) is 18.0 Å². The number of rotatable bonds is 6. The maximum absolute atomic E-state index is 13.2. The lowest BCUT2D eigenvalue weighted by Gasteiger charge is -2.29. The molecule has 0 bridgehead atoms. The van der Waals surface area contributed by atoms with E-state index >= 15 is 0 Å². The van der Waals surface area contributed by atoms with E-state index < -0.39 is 11.7 Å². The smallest absolute Gasteiger partial charge is 0.349 e. The average molecular weight is 403 g/mol. The first-order valence-electron chi connectivity index (χ1n) is 9.24. The number of anilines is 1. The normalized spacial score (nSPS) is 14.6. The number of hydrogen-bond donors (Lipinski definition) is 3. The SMILES string of the molecule is O=C(CN(Cc1ccccc1)c1n[nH]c2ccc(C(F)(F)F)cc12)NC1CNC1. The first-order chi connectivity index (χ1) is 13.9. The number of alkyl halides is 3. The Bertz CT molecular complexity index is 998. The Morgan fingerprint density at radius 3 is 2.59 bits per heavy atom. The average Bonchev–Trinajstić information content (AvgIpc) is 3.07. The van der Waals surface area contributed by atoms with Gasteiger partial charge in [-0.1, -0.05) is 30.3 Å². The van der Waals surface area contributed by atoms with Gasteiger partial charge in [0.25, 0.3) is 0 Å². The third-order valence-corrected chi connectivity index (χ3v) is 4.87. The molecule has 0 radical (unpaired) electrons. The van der Waals surface area contributed by atoms with Crippen LogP contribution in [0.3, 0.4) is 0 Å². The van der Waals surface area contributed by atoms with Gasteiger partial charge in [0, 0.05) is 25.0 Å². The van der Waals surface area contributed by atoms with E-state index in [2.05, 4.69) is 20.8 Å². The molecule has 6 nitrogen and oxygen atoms in total. The largest absolute Gasteiger partial charge is 0.416 e. The van der Waals surface area contributed by atoms with Crippen molar-refractivity contribution in [2.45, 2.75) is 18.8 Å². The van der Waals surface area contributed by atoms with Crippen LogP contribution < -0.4 is 15.5 Å². The molecule has 1 aliphatic heterocycles. The fourth-order valence-corrected chi connectivity index (χ4v) is 3.26. The number of halogens is 3. The number of benzene rings is 2. The molecule has 2 aromatic carbocycles. The van der Waals surface area contributed by atoms with Crippen LogP contribution in [0, 0.1) is 0 Å². The first-order valence-corrected chi connectivity index (χ1v) is 9.24. The highest BCUT2D eigenvalue weighted by atomic mass is 19.4. The molecule has 0 saturated carbocycles. The molecule has 1 aromatic heterocycles. The van der Waals surface area contributed by atoms with Gasteiger partial charge in [-0.3, -0.25) is 9.89 Å². The van der Waals surface area contributed by atoms with E-state index in [0.717, 1.165) is 17.7 Å². The van der Waals surface area contributed by atoms with Crippen molar-refractivity contribution in [2.24, 2.45) is 0 Å². The van der Waals surface area contributed by atoms with Crippen molar-refractivity contribution in [3.63, 3.8) is 0 Å². The summed E-state index contributed by atoms with van der Waals surface area (Å²) in [6, 6.07) is 12.9. The Hall–Kier alpha value is -3.07. The highest BCUT2D eigenvalue weighted by Crippen LogP contribution is 2.34. The minimum absolute atomic E-state index is 0.0123. The second kappa shape index (κ2) is 7.75. The third kappa shape index (κ3) is 4.34. The van der Waals surface area contributed by atoms with Crippen LogP contribution in [0.15, 0.2) is 48.5 Å². The molecule has 1 amide bonds. The zero-order valence-electron chi connectivity index (χ0n) is 15.5. The summed E-state index contributed by atoms with van der Waals surface area (Å²) in [5, 5.41) is 13.3. The van der Waals surface area contributed by atoms with Crippen LogP contribution in [-0.2, 0) is 17.5 Å². The van der Waals surface area contributed by atoms with Gasteiger partial charge in [0.2, 0.25) is 5.91 Å². The molecular formula is C20H20F3N5O. The molecule has 9 heteroatoms. The predicted molar refractivity (Wildman–Crippen MR) is 103 cm³/mol. The summed E-state index contributed by atoms with van der Waals surface area (Å²) in [7, 11) is 0. The van der Waals surface area contributed by atoms with E-state index in [1.54, 1.807) is 4.90 Å². The van der Waals surface area contributed by atoms with Crippen LogP contribution in [0.25, 0.3) is 10.9 Å². The fraction of sp³-hybridized carbons (Fsp3) is 0.300. The number of aromatic nitrogens is 2. The number of carbonyl (C=O) groups excluding carboxylic acids is 1. The standard InChI is InChI=1S/C20H20F3N5O/c21-20(22,23)14-6-7-17-16(8-14)19(27-26-17)28(11-13-4-2-1-3-5-13)12-18(29)25-15-9-24-10-15/h1-8,15,24H,9-12H2,(H,25,29)(H,26,27). The Kier molecular flexibility index (Phi) is 5.14. The van der Waals surface area contributed by atoms with Crippen LogP contribution >= 0.6 is 0 Å². The molecule has 2 heterocycles. The maximum Gasteiger partial charge on any atom is 0.416 e. The Labute approximate surface area is 165 Å². The van der Waals surface area contributed by atoms with Gasteiger partial charge in [0.1, 0.15) is 0 Å². The van der Waals surface area contributed by atoms with E-state index in [1.807, 2.05) is 30.3 Å². The quantitative estimate of drug-likeness (QED) is 0.592. The highest BCUT2D eigenvalue weighted by Gasteiger charge is 2.31. The molecular weight excluding hydrogens is 383 g/mol. The number of aromatic amines is 1. The Morgan fingerprint density at radius 2 is 1.93 bits per heavy atom. The van der Waals surface area contributed by atoms with Crippen molar-refractivity contribution < 1.29 is 18.0 Å². The van der Waals surface area contributed by atoms with Gasteiger partial charge in [0.05, 0.1) is 23.7 Å². The molecule has 1 aliphatic rings. The van der Waals surface area contributed by atoms with Crippen molar-refractivity contribution in [1.82, 2.24) is 20.8 Å². The summed E-state index contributed by atoms with van der Waals surface area (Å²) in [6.45, 7) is 1.75. The van der Waals surface area contributed by atoms with Gasteiger partial charge >= 0.3 is 6.18 Å². The van der Waals surface area contributed by atoms with Gasteiger partial charge < -0.3 is 15.5 Å². The number of nitrogens with one attached hydrogen (secondary N) is 3. The summed E-state index contributed by atoms with van der Waals surface area (Å²) >= 11 is 0. The van der Waals surface area contributed by atoms with Crippen molar-refractivity contribution in [3.8, 4) is 0 Å². The number of fused-ring (bicyclic) bond motifs is 1. The molecule has 0 aliphatic carbocycles. The molecule has 1 fully saturated rings. The molecule has 3 N–H and O–H groups in total. The van der Waals surface area contributed by atoms with E-state index in [0.29, 0.717) is 36.4 Å². The number of nitrogens with zero attached hydrogens (tertiary/aromatic N) is 2. The maximum atomic E-state index is 13.2. The van der Waals surface area contributed by atoms with Crippen LogP contribution in [0.4, 0.5) is 19.0 Å². The number of carbonyl (C=O) groups is 1. The summed E-state index contributed by atoms with van der Waals surface area (Å²) in [4.78, 5) is 14.2. The fourth-order valence-electron chi connectivity index (χ4n) is 3.26. The minimum Gasteiger partial charge on any atom is -0.349 e. The summed E-state index contributed by atoms with van der Waals surface area (Å²) in [5.41, 5.74) is 0.653. The third-order valence-electron chi connectivity index (χ3n) is 4.87. The number of amides is 1. The lowest BCUT2D eigenvalue weighted by atomic mass is 10.1. The van der Waals surface area contributed by atoms with Crippen molar-refractivity contribution in [1.29, 1.82) is 0 Å². The topological polar surface area (TPSA) is 73.0 Å². The monoisotopic (exact) mass is 403 g/mol. The lowest BCUT2D eigenvalue weighted by molar-refractivity contribution is -0.137. The number of hydrogen-bond acceptors (Lipinski definition) is 4. The number of H-pyrrole nitrogens is 1. The molecule has 0 atom stereocenters. The summed E-state index contributed by atoms with van der Waals surface area (Å²) in [5.74, 6) is 0.118. The van der Waals surface area contributed by atoms with Crippen LogP contribution in [-0.4, -0.2) is 41.8 Å². The first kappa shape index (κ1) is 19.3. The zero-order valence-corrected chi connectivity index (χ0v) is 15.5. The molecule has 0 spiro atoms. The second-order valence-corrected chi connectivity index (χ2v) is 7.07. The zero-order chi connectivity index (χ0) is 20.4. The summed E-state index contributed by atoms with van der Waals surface area (Å²) in [6.07, 6.45) is -4.46. The van der Waals surface area contributed by atoms with Crippen molar-refractivity contribution >= 4 is 22.6 Å². The molecule has 29 heavy (non-hydrogen) atoms. The molecule has 1 saturated heterocycles. The van der Waals surface area contributed by atoms with Gasteiger partial charge in [-0.25, -0.2) is 0 Å². The van der Waals surface area contributed by atoms with Crippen molar-refractivity contribution in [3.05, 3.63) is 59.7 Å². The van der Waals surface area contributed by atoms with Gasteiger partial charge in [-0.15, -0.1) is 0 Å². The van der Waals surface area contributed by atoms with Crippen LogP contribution in [0.5, 0.6) is 0 Å². The molecule has 4 rings (SSSR count). The van der Waals surface area contributed by atoms with Gasteiger partial charge in [-0.2, -0.15) is 18.3 Å². The van der Waals surface area contributed by atoms with E-state index in [-0.39, 0.29) is 18.5 Å². The molecule has 152 valence electrons. The Balaban J connectivity index is 1.66. The van der Waals surface area contributed by atoms with E-state index in [4.69, 9.17) is 0 Å². The van der Waals surface area contributed by atoms with E-state index in [1.165, 1.54) is 6.07 Å². The van der Waals surface area contributed by atoms with Gasteiger partial charge in [-0.05, 0) is 23.8 Å². The van der Waals surface area contributed by atoms with Crippen LogP contribution in [0.1, 0.15) is 11.1 Å². The Morgan fingerprint density at radius 1 is 1.17 bits per heavy atom. The lowest BCUT2D eigenvalue weighted by Crippen LogP contribution is -2.58.